The summed E-state index contributed by atoms with van der Waals surface area (Å²) in [5.74, 6) is 1.46. The first-order valence-corrected chi connectivity index (χ1v) is 5.19. The lowest BCUT2D eigenvalue weighted by Crippen LogP contribution is -2.27. The second kappa shape index (κ2) is 3.97. The molecule has 1 aliphatic carbocycles. The van der Waals surface area contributed by atoms with Gasteiger partial charge in [0.2, 0.25) is 0 Å². The molecule has 0 radical (unpaired) electrons. The van der Waals surface area contributed by atoms with E-state index in [9.17, 15) is 9.18 Å². The van der Waals surface area contributed by atoms with Gasteiger partial charge in [-0.1, -0.05) is 5.92 Å². The van der Waals surface area contributed by atoms with Gasteiger partial charge in [-0.05, 0) is 37.5 Å². The van der Waals surface area contributed by atoms with E-state index in [1.54, 1.807) is 13.0 Å². The van der Waals surface area contributed by atoms with E-state index in [4.69, 9.17) is 6.42 Å². The van der Waals surface area contributed by atoms with E-state index in [0.29, 0.717) is 11.1 Å². The van der Waals surface area contributed by atoms with Crippen LogP contribution in [0.15, 0.2) is 12.1 Å². The summed E-state index contributed by atoms with van der Waals surface area (Å²) in [6.07, 6.45) is 7.15. The quantitative estimate of drug-likeness (QED) is 0.754. The first-order chi connectivity index (χ1) is 7.61. The Labute approximate surface area is 93.9 Å². The van der Waals surface area contributed by atoms with Crippen LogP contribution in [0.25, 0.3) is 0 Å². The normalized spacial score (nSPS) is 14.3. The molecule has 0 bridgehead atoms. The molecule has 1 N–H and O–H groups in total. The molecule has 0 aliphatic heterocycles. The minimum Gasteiger partial charge on any atom is -0.349 e. The summed E-state index contributed by atoms with van der Waals surface area (Å²) in [4.78, 5) is 11.7. The molecule has 0 unspecified atom stereocenters. The van der Waals surface area contributed by atoms with Gasteiger partial charge in [-0.15, -0.1) is 6.42 Å². The molecule has 0 heterocycles. The third-order valence-electron chi connectivity index (χ3n) is 2.59. The number of amides is 1. The lowest BCUT2D eigenvalue weighted by molar-refractivity contribution is 0.0946. The molecule has 1 aromatic rings. The Morgan fingerprint density at radius 3 is 2.75 bits per heavy atom. The van der Waals surface area contributed by atoms with E-state index in [1.165, 1.54) is 6.07 Å². The molecule has 2 rings (SSSR count). The molecule has 1 aliphatic rings. The molecule has 16 heavy (non-hydrogen) atoms. The molecule has 82 valence electrons. The van der Waals surface area contributed by atoms with E-state index in [-0.39, 0.29) is 17.5 Å². The van der Waals surface area contributed by atoms with Crippen LogP contribution < -0.4 is 5.32 Å². The lowest BCUT2D eigenvalue weighted by atomic mass is 10.0. The molecular weight excluding hydrogens is 205 g/mol. The van der Waals surface area contributed by atoms with E-state index in [1.807, 2.05) is 0 Å². The van der Waals surface area contributed by atoms with Crippen LogP contribution in [0.1, 0.15) is 34.3 Å². The molecule has 0 aromatic heterocycles. The van der Waals surface area contributed by atoms with Gasteiger partial charge in [-0.2, -0.15) is 0 Å². The molecule has 1 amide bonds. The van der Waals surface area contributed by atoms with Crippen molar-refractivity contribution in [3.05, 3.63) is 34.6 Å². The average Bonchev–Trinajstić information content (AvgIpc) is 3.00. The number of hydrogen-bond donors (Lipinski definition) is 1. The van der Waals surface area contributed by atoms with Gasteiger partial charge in [-0.3, -0.25) is 4.79 Å². The van der Waals surface area contributed by atoms with Crippen LogP contribution >= 0.6 is 0 Å². The Morgan fingerprint density at radius 1 is 1.56 bits per heavy atom. The van der Waals surface area contributed by atoms with Crippen LogP contribution in [-0.2, 0) is 0 Å². The summed E-state index contributed by atoms with van der Waals surface area (Å²) in [5, 5.41) is 2.76. The predicted octanol–water partition coefficient (Wildman–Crippen LogP) is 2.01. The van der Waals surface area contributed by atoms with Crippen molar-refractivity contribution in [2.45, 2.75) is 25.8 Å². The first-order valence-electron chi connectivity index (χ1n) is 5.19. The Kier molecular flexibility index (Phi) is 2.66. The summed E-state index contributed by atoms with van der Waals surface area (Å²) in [5.41, 5.74) is 1.13. The summed E-state index contributed by atoms with van der Waals surface area (Å²) in [6, 6.07) is 3.08. The second-order valence-corrected chi connectivity index (χ2v) is 4.04. The Morgan fingerprint density at radius 2 is 2.25 bits per heavy atom. The lowest BCUT2D eigenvalue weighted by Gasteiger charge is -2.08. The van der Waals surface area contributed by atoms with E-state index >= 15 is 0 Å². The third kappa shape index (κ3) is 2.06. The molecule has 2 nitrogen and oxygen atoms in total. The largest absolute Gasteiger partial charge is 0.349 e. The van der Waals surface area contributed by atoms with Gasteiger partial charge < -0.3 is 5.32 Å². The minimum absolute atomic E-state index is 0.103. The average molecular weight is 217 g/mol. The monoisotopic (exact) mass is 217 g/mol. The number of benzene rings is 1. The van der Waals surface area contributed by atoms with Gasteiger partial charge in [-0.25, -0.2) is 4.39 Å². The molecule has 3 heteroatoms. The molecule has 0 spiro atoms. The van der Waals surface area contributed by atoms with E-state index < -0.39 is 5.82 Å². The van der Waals surface area contributed by atoms with Crippen molar-refractivity contribution >= 4 is 5.91 Å². The Bertz CT molecular complexity index is 460. The van der Waals surface area contributed by atoms with Crippen LogP contribution in [0.3, 0.4) is 0 Å². The number of aryl methyl sites for hydroxylation is 1. The van der Waals surface area contributed by atoms with Crippen molar-refractivity contribution in [1.82, 2.24) is 5.32 Å². The fourth-order valence-electron chi connectivity index (χ4n) is 1.60. The summed E-state index contributed by atoms with van der Waals surface area (Å²) >= 11 is 0. The van der Waals surface area contributed by atoms with Crippen LogP contribution in [0, 0.1) is 25.1 Å². The topological polar surface area (TPSA) is 29.1 Å². The van der Waals surface area contributed by atoms with Gasteiger partial charge in [0.1, 0.15) is 5.82 Å². The number of carbonyl (C=O) groups excluding carboxylic acids is 1. The predicted molar refractivity (Wildman–Crippen MR) is 59.6 cm³/mol. The molecule has 1 aromatic carbocycles. The zero-order valence-electron chi connectivity index (χ0n) is 9.01. The minimum atomic E-state index is -0.550. The van der Waals surface area contributed by atoms with Crippen LogP contribution in [0.2, 0.25) is 0 Å². The number of terminal acetylenes is 1. The highest BCUT2D eigenvalue weighted by Crippen LogP contribution is 2.21. The second-order valence-electron chi connectivity index (χ2n) is 4.04. The highest BCUT2D eigenvalue weighted by molar-refractivity contribution is 5.96. The maximum atomic E-state index is 13.7. The zero-order chi connectivity index (χ0) is 11.7. The molecule has 1 saturated carbocycles. The Hall–Kier alpha value is -1.82. The maximum Gasteiger partial charge on any atom is 0.254 e. The van der Waals surface area contributed by atoms with E-state index in [2.05, 4.69) is 11.2 Å². The first kappa shape index (κ1) is 10.7. The van der Waals surface area contributed by atoms with Gasteiger partial charge in [0.15, 0.2) is 0 Å². The van der Waals surface area contributed by atoms with Crippen molar-refractivity contribution in [2.24, 2.45) is 0 Å². The van der Waals surface area contributed by atoms with Crippen LogP contribution in [0.5, 0.6) is 0 Å². The van der Waals surface area contributed by atoms with Crippen molar-refractivity contribution in [2.75, 3.05) is 0 Å². The van der Waals surface area contributed by atoms with Crippen molar-refractivity contribution < 1.29 is 9.18 Å². The van der Waals surface area contributed by atoms with Crippen molar-refractivity contribution in [3.63, 3.8) is 0 Å². The number of hydrogen-bond acceptors (Lipinski definition) is 1. The fraction of sp³-hybridized carbons (Fsp3) is 0.308. The maximum absolute atomic E-state index is 13.7. The van der Waals surface area contributed by atoms with Crippen molar-refractivity contribution in [1.29, 1.82) is 0 Å². The van der Waals surface area contributed by atoms with Gasteiger partial charge in [0, 0.05) is 11.6 Å². The van der Waals surface area contributed by atoms with E-state index in [0.717, 1.165) is 12.8 Å². The highest BCUT2D eigenvalue weighted by Gasteiger charge is 2.25. The number of rotatable bonds is 2. The number of halogens is 1. The summed E-state index contributed by atoms with van der Waals surface area (Å²) in [7, 11) is 0. The highest BCUT2D eigenvalue weighted by atomic mass is 19.1. The third-order valence-corrected chi connectivity index (χ3v) is 2.59. The summed E-state index contributed by atoms with van der Waals surface area (Å²) in [6.45, 7) is 1.69. The zero-order valence-corrected chi connectivity index (χ0v) is 9.01. The fourth-order valence-corrected chi connectivity index (χ4v) is 1.60. The van der Waals surface area contributed by atoms with Crippen LogP contribution in [-0.4, -0.2) is 11.9 Å². The number of carbonyl (C=O) groups is 1. The molecular formula is C13H12FNO. The molecule has 0 saturated heterocycles. The molecule has 1 fully saturated rings. The van der Waals surface area contributed by atoms with Crippen LogP contribution in [0.4, 0.5) is 4.39 Å². The smallest absolute Gasteiger partial charge is 0.254 e. The Balaban J connectivity index is 2.32. The standard InChI is InChI=1S/C13H12FNO/c1-3-9-6-8(2)12(11(14)7-9)13(16)15-10-4-5-10/h1,6-7,10H,4-5H2,2H3,(H,15,16). The van der Waals surface area contributed by atoms with Gasteiger partial charge in [0.05, 0.1) is 5.56 Å². The van der Waals surface area contributed by atoms with Gasteiger partial charge in [0.25, 0.3) is 5.91 Å². The van der Waals surface area contributed by atoms with Gasteiger partial charge >= 0.3 is 0 Å². The number of nitrogens with one attached hydrogen (secondary N) is 1. The molecule has 0 atom stereocenters. The SMILES string of the molecule is C#Cc1cc(C)c(C(=O)NC2CC2)c(F)c1. The van der Waals surface area contributed by atoms with Crippen molar-refractivity contribution in [3.8, 4) is 12.3 Å². The summed E-state index contributed by atoms with van der Waals surface area (Å²) < 4.78 is 13.7.